The zero-order chi connectivity index (χ0) is 27.5. The van der Waals surface area contributed by atoms with Crippen LogP contribution in [0.25, 0.3) is 0 Å². The minimum atomic E-state index is -0.816. The summed E-state index contributed by atoms with van der Waals surface area (Å²) >= 11 is 0. The normalized spacial score (nSPS) is 17.1. The van der Waals surface area contributed by atoms with Gasteiger partial charge in [-0.25, -0.2) is 0 Å². The number of carbonyl (C=O) groups excluding carboxylic acids is 2. The second-order valence-corrected chi connectivity index (χ2v) is 12.9. The minimum Gasteiger partial charge on any atom is -0.465 e. The number of rotatable bonds is 21. The van der Waals surface area contributed by atoms with E-state index in [9.17, 15) is 9.59 Å². The summed E-state index contributed by atoms with van der Waals surface area (Å²) in [5.74, 6) is -0.00144. The summed E-state index contributed by atoms with van der Waals surface area (Å²) in [7, 11) is 0. The molecule has 37 heavy (non-hydrogen) atoms. The predicted octanol–water partition coefficient (Wildman–Crippen LogP) is 9.68. The van der Waals surface area contributed by atoms with Crippen molar-refractivity contribution in [2.75, 3.05) is 13.2 Å². The summed E-state index contributed by atoms with van der Waals surface area (Å²) in [6.07, 6.45) is 21.6. The van der Waals surface area contributed by atoms with Crippen LogP contribution in [0.1, 0.15) is 157 Å². The molecule has 4 heteroatoms. The minimum absolute atomic E-state index is 0.177. The molecule has 2 atom stereocenters. The molecular weight excluding hydrogens is 460 g/mol. The van der Waals surface area contributed by atoms with Crippen molar-refractivity contribution in [3.63, 3.8) is 0 Å². The fourth-order valence-corrected chi connectivity index (χ4v) is 5.90. The molecule has 0 heterocycles. The molecule has 0 bridgehead atoms. The Balaban J connectivity index is 2.73. The lowest BCUT2D eigenvalue weighted by Crippen LogP contribution is -2.47. The Bertz CT molecular complexity index is 593. The summed E-state index contributed by atoms with van der Waals surface area (Å²) in [5.41, 5.74) is -0.816. The third-order valence-electron chi connectivity index (χ3n) is 8.18. The fourth-order valence-electron chi connectivity index (χ4n) is 5.90. The van der Waals surface area contributed by atoms with Crippen LogP contribution in [0.3, 0.4) is 0 Å². The highest BCUT2D eigenvalue weighted by molar-refractivity contribution is 5.85. The lowest BCUT2D eigenvalue weighted by Gasteiger charge is -2.40. The first-order valence-corrected chi connectivity index (χ1v) is 16.1. The molecule has 0 saturated heterocycles. The van der Waals surface area contributed by atoms with E-state index in [-0.39, 0.29) is 29.7 Å². The Morgan fingerprint density at radius 2 is 1.16 bits per heavy atom. The molecule has 1 aliphatic carbocycles. The molecule has 1 aliphatic rings. The van der Waals surface area contributed by atoms with E-state index < -0.39 is 11.3 Å². The van der Waals surface area contributed by atoms with E-state index in [0.717, 1.165) is 38.5 Å². The van der Waals surface area contributed by atoms with Crippen LogP contribution in [0.2, 0.25) is 0 Å². The van der Waals surface area contributed by atoms with Crippen molar-refractivity contribution in [2.24, 2.45) is 29.1 Å². The maximum atomic E-state index is 13.6. The van der Waals surface area contributed by atoms with E-state index in [4.69, 9.17) is 9.47 Å². The van der Waals surface area contributed by atoms with Gasteiger partial charge < -0.3 is 9.47 Å². The number of unbranched alkanes of at least 4 members (excludes halogenated alkanes) is 11. The molecule has 218 valence electrons. The maximum Gasteiger partial charge on any atom is 0.312 e. The third-order valence-corrected chi connectivity index (χ3v) is 8.18. The highest BCUT2D eigenvalue weighted by Gasteiger charge is 2.50. The zero-order valence-corrected chi connectivity index (χ0v) is 25.6. The van der Waals surface area contributed by atoms with Crippen LogP contribution < -0.4 is 0 Å². The quantitative estimate of drug-likeness (QED) is 0.111. The molecule has 1 fully saturated rings. The first-order chi connectivity index (χ1) is 17.7. The summed E-state index contributed by atoms with van der Waals surface area (Å²) in [4.78, 5) is 27.1. The van der Waals surface area contributed by atoms with Gasteiger partial charge in [0.15, 0.2) is 0 Å². The van der Waals surface area contributed by atoms with Gasteiger partial charge >= 0.3 is 11.9 Å². The largest absolute Gasteiger partial charge is 0.465 e. The van der Waals surface area contributed by atoms with Crippen molar-refractivity contribution < 1.29 is 19.1 Å². The third kappa shape index (κ3) is 14.1. The highest BCUT2D eigenvalue weighted by Crippen LogP contribution is 2.45. The van der Waals surface area contributed by atoms with Gasteiger partial charge in [-0.15, -0.1) is 0 Å². The van der Waals surface area contributed by atoms with Crippen LogP contribution in [-0.2, 0) is 19.1 Å². The van der Waals surface area contributed by atoms with E-state index >= 15 is 0 Å². The molecule has 1 rings (SSSR count). The molecule has 0 N–H and O–H groups in total. The van der Waals surface area contributed by atoms with Gasteiger partial charge in [-0.1, -0.05) is 131 Å². The zero-order valence-electron chi connectivity index (χ0n) is 25.6. The van der Waals surface area contributed by atoms with Crippen LogP contribution in [-0.4, -0.2) is 25.2 Å². The smallest absolute Gasteiger partial charge is 0.312 e. The average molecular weight is 523 g/mol. The van der Waals surface area contributed by atoms with Gasteiger partial charge in [-0.2, -0.15) is 0 Å². The van der Waals surface area contributed by atoms with E-state index in [0.29, 0.717) is 19.6 Å². The molecule has 0 amide bonds. The van der Waals surface area contributed by atoms with Crippen molar-refractivity contribution in [1.29, 1.82) is 0 Å². The average Bonchev–Trinajstić information content (AvgIpc) is 2.87. The Hall–Kier alpha value is -1.06. The summed E-state index contributed by atoms with van der Waals surface area (Å²) in [6.45, 7) is 13.3. The Labute approximate surface area is 230 Å². The number of esters is 2. The van der Waals surface area contributed by atoms with E-state index in [2.05, 4.69) is 34.6 Å². The number of ether oxygens (including phenoxy) is 2. The Morgan fingerprint density at radius 3 is 1.65 bits per heavy atom. The van der Waals surface area contributed by atoms with Crippen molar-refractivity contribution in [3.8, 4) is 0 Å². The van der Waals surface area contributed by atoms with Crippen molar-refractivity contribution >= 4 is 11.9 Å². The SMILES string of the molecule is CCCCCCCCCCCCCCC(C)(C(=O)OCC(C)C)C(C(=O)OCC(C)C)C1CCCCC1. The van der Waals surface area contributed by atoms with Crippen molar-refractivity contribution in [1.82, 2.24) is 0 Å². The van der Waals surface area contributed by atoms with Gasteiger partial charge in [0.1, 0.15) is 0 Å². The molecule has 0 radical (unpaired) electrons. The monoisotopic (exact) mass is 522 g/mol. The molecule has 0 aromatic heterocycles. The lowest BCUT2D eigenvalue weighted by atomic mass is 9.64. The Kier molecular flexibility index (Phi) is 18.3. The topological polar surface area (TPSA) is 52.6 Å². The van der Waals surface area contributed by atoms with Crippen LogP contribution in [0.4, 0.5) is 0 Å². The van der Waals surface area contributed by atoms with Crippen LogP contribution in [0, 0.1) is 29.1 Å². The van der Waals surface area contributed by atoms with E-state index in [1.54, 1.807) is 0 Å². The highest BCUT2D eigenvalue weighted by atomic mass is 16.5. The van der Waals surface area contributed by atoms with Crippen molar-refractivity contribution in [3.05, 3.63) is 0 Å². The molecule has 4 nitrogen and oxygen atoms in total. The molecule has 0 aromatic rings. The van der Waals surface area contributed by atoms with Gasteiger partial charge in [0.2, 0.25) is 0 Å². The maximum absolute atomic E-state index is 13.6. The molecule has 1 saturated carbocycles. The lowest BCUT2D eigenvalue weighted by molar-refractivity contribution is -0.174. The molecule has 0 aromatic carbocycles. The van der Waals surface area contributed by atoms with Crippen LogP contribution in [0.5, 0.6) is 0 Å². The van der Waals surface area contributed by atoms with Gasteiger partial charge in [0.05, 0.1) is 24.5 Å². The van der Waals surface area contributed by atoms with E-state index in [1.807, 2.05) is 6.92 Å². The standard InChI is InChI=1S/C33H62O4/c1-7-8-9-10-11-12-13-14-15-16-17-21-24-33(6,32(35)37-26-28(4)5)30(29-22-19-18-20-23-29)31(34)36-25-27(2)3/h27-30H,7-26H2,1-6H3. The van der Waals surface area contributed by atoms with Crippen LogP contribution >= 0.6 is 0 Å². The van der Waals surface area contributed by atoms with Crippen molar-refractivity contribution in [2.45, 2.75) is 157 Å². The van der Waals surface area contributed by atoms with Gasteiger partial charge in [-0.05, 0) is 43.9 Å². The number of carbonyl (C=O) groups is 2. The first kappa shape index (κ1) is 34.0. The summed E-state index contributed by atoms with van der Waals surface area (Å²) in [5, 5.41) is 0. The molecule has 2 unspecified atom stereocenters. The van der Waals surface area contributed by atoms with Gasteiger partial charge in [0.25, 0.3) is 0 Å². The Morgan fingerprint density at radius 1 is 0.703 bits per heavy atom. The van der Waals surface area contributed by atoms with Crippen LogP contribution in [0.15, 0.2) is 0 Å². The second kappa shape index (κ2) is 19.9. The van der Waals surface area contributed by atoms with Gasteiger partial charge in [-0.3, -0.25) is 9.59 Å². The first-order valence-electron chi connectivity index (χ1n) is 16.1. The second-order valence-electron chi connectivity index (χ2n) is 12.9. The number of hydrogen-bond acceptors (Lipinski definition) is 4. The fraction of sp³-hybridized carbons (Fsp3) is 0.939. The van der Waals surface area contributed by atoms with Gasteiger partial charge in [0, 0.05) is 0 Å². The van der Waals surface area contributed by atoms with E-state index in [1.165, 1.54) is 70.6 Å². The molecule has 0 aliphatic heterocycles. The number of hydrogen-bond donors (Lipinski definition) is 0. The summed E-state index contributed by atoms with van der Waals surface area (Å²) < 4.78 is 11.6. The molecule has 0 spiro atoms. The molecular formula is C33H62O4. The summed E-state index contributed by atoms with van der Waals surface area (Å²) in [6, 6.07) is 0. The predicted molar refractivity (Wildman–Crippen MR) is 155 cm³/mol.